The van der Waals surface area contributed by atoms with Crippen molar-refractivity contribution in [2.45, 2.75) is 31.7 Å². The molecule has 0 spiro atoms. The van der Waals surface area contributed by atoms with Crippen LogP contribution in [0.25, 0.3) is 0 Å². The van der Waals surface area contributed by atoms with Crippen LogP contribution in [0.1, 0.15) is 41.6 Å². The van der Waals surface area contributed by atoms with Gasteiger partial charge in [-0.1, -0.05) is 19.9 Å². The molecule has 0 fully saturated rings. The van der Waals surface area contributed by atoms with Gasteiger partial charge in [0.2, 0.25) is 0 Å². The number of hydrogen-bond donors (Lipinski definition) is 2. The van der Waals surface area contributed by atoms with E-state index >= 15 is 0 Å². The van der Waals surface area contributed by atoms with Gasteiger partial charge in [-0.3, -0.25) is 14.4 Å². The Morgan fingerprint density at radius 2 is 1.79 bits per heavy atom. The van der Waals surface area contributed by atoms with Crippen LogP contribution < -0.4 is 14.8 Å². The van der Waals surface area contributed by atoms with Crippen LogP contribution >= 0.6 is 0 Å². The van der Waals surface area contributed by atoms with E-state index in [9.17, 15) is 13.2 Å². The number of amides is 1. The summed E-state index contributed by atoms with van der Waals surface area (Å²) in [7, 11) is -2.35. The minimum atomic E-state index is -3.89. The summed E-state index contributed by atoms with van der Waals surface area (Å²) in [5, 5.41) is 2.95. The SMILES string of the molecule is CCN(CC)C(CNC(=O)c1cc(S(=O)(=O)Nc2ccc(OC)cc2)ccc1C)c1ccco1. The van der Waals surface area contributed by atoms with E-state index < -0.39 is 10.0 Å². The summed E-state index contributed by atoms with van der Waals surface area (Å²) in [6, 6.07) is 14.6. The number of rotatable bonds is 11. The molecule has 8 nitrogen and oxygen atoms in total. The second-order valence-corrected chi connectivity index (χ2v) is 9.46. The van der Waals surface area contributed by atoms with E-state index in [4.69, 9.17) is 9.15 Å². The summed E-state index contributed by atoms with van der Waals surface area (Å²) in [4.78, 5) is 15.2. The number of hydrogen-bond acceptors (Lipinski definition) is 6. The van der Waals surface area contributed by atoms with E-state index in [1.807, 2.05) is 12.1 Å². The highest BCUT2D eigenvalue weighted by molar-refractivity contribution is 7.92. The Bertz CT molecular complexity index is 1190. The predicted molar refractivity (Wildman–Crippen MR) is 132 cm³/mol. The lowest BCUT2D eigenvalue weighted by molar-refractivity contribution is 0.0929. The Kier molecular flexibility index (Phi) is 8.36. The second-order valence-electron chi connectivity index (χ2n) is 7.77. The molecule has 3 rings (SSSR count). The maximum absolute atomic E-state index is 13.1. The Morgan fingerprint density at radius 1 is 1.09 bits per heavy atom. The van der Waals surface area contributed by atoms with E-state index in [1.54, 1.807) is 43.5 Å². The molecule has 1 amide bonds. The minimum absolute atomic E-state index is 0.00500. The first-order valence-corrected chi connectivity index (χ1v) is 12.6. The van der Waals surface area contributed by atoms with Gasteiger partial charge in [0.05, 0.1) is 24.3 Å². The van der Waals surface area contributed by atoms with Gasteiger partial charge in [-0.25, -0.2) is 8.42 Å². The molecule has 0 aliphatic rings. The lowest BCUT2D eigenvalue weighted by atomic mass is 10.1. The highest BCUT2D eigenvalue weighted by atomic mass is 32.2. The standard InChI is InChI=1S/C25H31N3O5S/c1-5-28(6-2)23(24-8-7-15-33-24)17-26-25(29)22-16-21(14-9-18(22)3)34(30,31)27-19-10-12-20(32-4)13-11-19/h7-16,23,27H,5-6,17H2,1-4H3,(H,26,29). The van der Waals surface area contributed by atoms with Crippen molar-refractivity contribution in [2.75, 3.05) is 31.5 Å². The molecule has 1 unspecified atom stereocenters. The van der Waals surface area contributed by atoms with Crippen LogP contribution in [0.5, 0.6) is 5.75 Å². The predicted octanol–water partition coefficient (Wildman–Crippen LogP) is 4.21. The molecular formula is C25H31N3O5S. The zero-order valence-electron chi connectivity index (χ0n) is 19.9. The van der Waals surface area contributed by atoms with Gasteiger partial charge in [0.15, 0.2) is 0 Å². The second kappa shape index (κ2) is 11.2. The lowest BCUT2D eigenvalue weighted by Crippen LogP contribution is -2.38. The van der Waals surface area contributed by atoms with Crippen LogP contribution in [0.2, 0.25) is 0 Å². The number of aryl methyl sites for hydroxylation is 1. The molecule has 2 N–H and O–H groups in total. The van der Waals surface area contributed by atoms with Crippen LogP contribution in [0.15, 0.2) is 70.2 Å². The molecule has 0 saturated heterocycles. The molecule has 182 valence electrons. The maximum atomic E-state index is 13.1. The number of likely N-dealkylation sites (N-methyl/N-ethyl adjacent to an activating group) is 1. The molecule has 0 bridgehead atoms. The lowest BCUT2D eigenvalue weighted by Gasteiger charge is -2.28. The van der Waals surface area contributed by atoms with Crippen LogP contribution in [-0.2, 0) is 10.0 Å². The molecule has 3 aromatic rings. The minimum Gasteiger partial charge on any atom is -0.497 e. The first-order valence-electron chi connectivity index (χ1n) is 11.1. The van der Waals surface area contributed by atoms with Gasteiger partial charge in [-0.15, -0.1) is 0 Å². The van der Waals surface area contributed by atoms with Gasteiger partial charge in [0.1, 0.15) is 11.5 Å². The first kappa shape index (κ1) is 25.3. The van der Waals surface area contributed by atoms with E-state index in [0.29, 0.717) is 29.1 Å². The fourth-order valence-electron chi connectivity index (χ4n) is 3.73. The summed E-state index contributed by atoms with van der Waals surface area (Å²) in [6.07, 6.45) is 1.61. The molecule has 1 aromatic heterocycles. The Hall–Kier alpha value is -3.30. The number of sulfonamides is 1. The molecule has 9 heteroatoms. The number of benzene rings is 2. The molecule has 0 aliphatic heterocycles. The fraction of sp³-hybridized carbons (Fsp3) is 0.320. The maximum Gasteiger partial charge on any atom is 0.261 e. The third-order valence-electron chi connectivity index (χ3n) is 5.69. The van der Waals surface area contributed by atoms with Crippen molar-refractivity contribution in [3.8, 4) is 5.75 Å². The van der Waals surface area contributed by atoms with Crippen LogP contribution in [-0.4, -0.2) is 46.0 Å². The van der Waals surface area contributed by atoms with Crippen molar-refractivity contribution in [2.24, 2.45) is 0 Å². The van der Waals surface area contributed by atoms with Gasteiger partial charge in [0.25, 0.3) is 15.9 Å². The third kappa shape index (κ3) is 5.98. The van der Waals surface area contributed by atoms with Crippen molar-refractivity contribution >= 4 is 21.6 Å². The van der Waals surface area contributed by atoms with Crippen molar-refractivity contribution in [1.82, 2.24) is 10.2 Å². The molecule has 0 radical (unpaired) electrons. The normalized spacial score (nSPS) is 12.4. The highest BCUT2D eigenvalue weighted by Crippen LogP contribution is 2.23. The number of anilines is 1. The van der Waals surface area contributed by atoms with Gasteiger partial charge < -0.3 is 14.5 Å². The van der Waals surface area contributed by atoms with Gasteiger partial charge in [0, 0.05) is 17.8 Å². The summed E-state index contributed by atoms with van der Waals surface area (Å²) >= 11 is 0. The number of nitrogens with zero attached hydrogens (tertiary/aromatic N) is 1. The number of carbonyl (C=O) groups excluding carboxylic acids is 1. The zero-order chi connectivity index (χ0) is 24.7. The molecule has 2 aromatic carbocycles. The van der Waals surface area contributed by atoms with Gasteiger partial charge in [-0.2, -0.15) is 0 Å². The van der Waals surface area contributed by atoms with Crippen LogP contribution in [0, 0.1) is 6.92 Å². The smallest absolute Gasteiger partial charge is 0.261 e. The number of ether oxygens (including phenoxy) is 1. The van der Waals surface area contributed by atoms with Crippen molar-refractivity contribution in [3.05, 3.63) is 77.7 Å². The van der Waals surface area contributed by atoms with Crippen molar-refractivity contribution in [3.63, 3.8) is 0 Å². The highest BCUT2D eigenvalue weighted by Gasteiger charge is 2.23. The quantitative estimate of drug-likeness (QED) is 0.422. The van der Waals surface area contributed by atoms with Gasteiger partial charge >= 0.3 is 0 Å². The number of carbonyl (C=O) groups is 1. The average molecular weight is 486 g/mol. The summed E-state index contributed by atoms with van der Waals surface area (Å²) in [5.74, 6) is 1.04. The Morgan fingerprint density at radius 3 is 2.38 bits per heavy atom. The van der Waals surface area contributed by atoms with E-state index in [0.717, 1.165) is 18.8 Å². The molecule has 0 aliphatic carbocycles. The Balaban J connectivity index is 1.78. The summed E-state index contributed by atoms with van der Waals surface area (Å²) in [5.41, 5.74) is 1.38. The largest absolute Gasteiger partial charge is 0.497 e. The van der Waals surface area contributed by atoms with Crippen molar-refractivity contribution < 1.29 is 22.4 Å². The van der Waals surface area contributed by atoms with Crippen molar-refractivity contribution in [1.29, 1.82) is 0 Å². The first-order chi connectivity index (χ1) is 16.3. The summed E-state index contributed by atoms with van der Waals surface area (Å²) < 4.78 is 39.1. The number of nitrogens with one attached hydrogen (secondary N) is 2. The van der Waals surface area contributed by atoms with E-state index in [2.05, 4.69) is 28.8 Å². The molecular weight excluding hydrogens is 454 g/mol. The van der Waals surface area contributed by atoms with Gasteiger partial charge in [-0.05, 0) is 74.1 Å². The number of furan rings is 1. The van der Waals surface area contributed by atoms with E-state index in [-0.39, 0.29) is 16.8 Å². The van der Waals surface area contributed by atoms with E-state index in [1.165, 1.54) is 19.2 Å². The molecule has 0 saturated carbocycles. The fourth-order valence-corrected chi connectivity index (χ4v) is 4.81. The zero-order valence-corrected chi connectivity index (χ0v) is 20.7. The monoisotopic (exact) mass is 485 g/mol. The third-order valence-corrected chi connectivity index (χ3v) is 7.07. The number of methoxy groups -OCH3 is 1. The van der Waals surface area contributed by atoms with Crippen LogP contribution in [0.3, 0.4) is 0 Å². The molecule has 1 heterocycles. The van der Waals surface area contributed by atoms with Crippen LogP contribution in [0.4, 0.5) is 5.69 Å². The molecule has 34 heavy (non-hydrogen) atoms. The summed E-state index contributed by atoms with van der Waals surface area (Å²) in [6.45, 7) is 7.79. The average Bonchev–Trinajstić information content (AvgIpc) is 3.36. The molecule has 1 atom stereocenters. The topological polar surface area (TPSA) is 101 Å². The Labute approximate surface area is 201 Å².